The fraction of sp³-hybridized carbons (Fsp3) is 0.690. The third-order valence-electron chi connectivity index (χ3n) is 6.12. The summed E-state index contributed by atoms with van der Waals surface area (Å²) in [6.45, 7) is 15.8. The lowest BCUT2D eigenvalue weighted by Crippen LogP contribution is -2.49. The first-order valence-corrected chi connectivity index (χ1v) is 13.5. The van der Waals surface area contributed by atoms with Gasteiger partial charge in [0.05, 0.1) is 0 Å². The van der Waals surface area contributed by atoms with Crippen LogP contribution >= 0.6 is 0 Å². The van der Waals surface area contributed by atoms with Crippen LogP contribution in [0, 0.1) is 13.8 Å². The van der Waals surface area contributed by atoms with Crippen molar-refractivity contribution in [3.63, 3.8) is 0 Å². The van der Waals surface area contributed by atoms with Crippen molar-refractivity contribution < 1.29 is 19.1 Å². The third-order valence-corrected chi connectivity index (χ3v) is 6.12. The molecular weight excluding hydrogens is 454 g/mol. The Hall–Kier alpha value is -2.57. The van der Waals surface area contributed by atoms with Crippen LogP contribution < -0.4 is 10.6 Å². The Morgan fingerprint density at radius 2 is 1.64 bits per heavy atom. The van der Waals surface area contributed by atoms with Gasteiger partial charge >= 0.3 is 6.09 Å². The fourth-order valence-electron chi connectivity index (χ4n) is 4.08. The van der Waals surface area contributed by atoms with Crippen molar-refractivity contribution in [2.24, 2.45) is 0 Å². The summed E-state index contributed by atoms with van der Waals surface area (Å²) in [5.74, 6) is -0.503. The van der Waals surface area contributed by atoms with Gasteiger partial charge in [0.1, 0.15) is 18.2 Å². The van der Waals surface area contributed by atoms with Gasteiger partial charge in [0, 0.05) is 12.6 Å². The van der Waals surface area contributed by atoms with Crippen LogP contribution in [0.5, 0.6) is 0 Å². The zero-order valence-corrected chi connectivity index (χ0v) is 23.8. The number of nitrogens with one attached hydrogen (secondary N) is 2. The van der Waals surface area contributed by atoms with Crippen LogP contribution in [0.1, 0.15) is 109 Å². The molecule has 0 bridgehead atoms. The molecule has 0 aromatic heterocycles. The summed E-state index contributed by atoms with van der Waals surface area (Å²) in [6.07, 6.45) is 6.29. The molecule has 0 saturated heterocycles. The van der Waals surface area contributed by atoms with E-state index in [-0.39, 0.29) is 24.4 Å². The largest absolute Gasteiger partial charge is 0.444 e. The van der Waals surface area contributed by atoms with Crippen molar-refractivity contribution in [2.75, 3.05) is 13.1 Å². The van der Waals surface area contributed by atoms with Crippen molar-refractivity contribution in [3.05, 3.63) is 34.9 Å². The van der Waals surface area contributed by atoms with Crippen molar-refractivity contribution in [1.29, 1.82) is 0 Å². The van der Waals surface area contributed by atoms with E-state index < -0.39 is 17.7 Å². The molecule has 2 atom stereocenters. The van der Waals surface area contributed by atoms with E-state index >= 15 is 0 Å². The number of hydrogen-bond donors (Lipinski definition) is 2. The number of unbranched alkanes of at least 4 members (excludes halogenated alkanes) is 4. The lowest BCUT2D eigenvalue weighted by Gasteiger charge is -2.33. The van der Waals surface area contributed by atoms with Gasteiger partial charge in [0.25, 0.3) is 0 Å². The quantitative estimate of drug-likeness (QED) is 0.306. The molecule has 204 valence electrons. The Kier molecular flexibility index (Phi) is 13.6. The molecule has 2 unspecified atom stereocenters. The van der Waals surface area contributed by atoms with Gasteiger partial charge in [-0.1, -0.05) is 64.2 Å². The number of ether oxygens (including phenoxy) is 1. The molecule has 0 aliphatic carbocycles. The number of aryl methyl sites for hydroxylation is 2. The highest BCUT2D eigenvalue weighted by Gasteiger charge is 2.32. The zero-order valence-electron chi connectivity index (χ0n) is 23.8. The van der Waals surface area contributed by atoms with Crippen LogP contribution in [0.15, 0.2) is 18.2 Å². The topological polar surface area (TPSA) is 87.7 Å². The van der Waals surface area contributed by atoms with Crippen LogP contribution in [-0.4, -0.2) is 47.5 Å². The van der Waals surface area contributed by atoms with E-state index in [1.54, 1.807) is 25.7 Å². The summed E-state index contributed by atoms with van der Waals surface area (Å²) in [5, 5.41) is 5.68. The second-order valence-electron chi connectivity index (χ2n) is 10.8. The van der Waals surface area contributed by atoms with Crippen LogP contribution in [0.2, 0.25) is 0 Å². The zero-order chi connectivity index (χ0) is 27.3. The Bertz CT molecular complexity index is 847. The van der Waals surface area contributed by atoms with E-state index in [0.29, 0.717) is 6.54 Å². The molecule has 0 aliphatic rings. The maximum atomic E-state index is 13.6. The fourth-order valence-corrected chi connectivity index (χ4v) is 4.08. The van der Waals surface area contributed by atoms with Gasteiger partial charge in [0.2, 0.25) is 11.8 Å². The molecule has 0 saturated carbocycles. The summed E-state index contributed by atoms with van der Waals surface area (Å²) in [4.78, 5) is 40.9. The van der Waals surface area contributed by atoms with E-state index in [9.17, 15) is 14.4 Å². The minimum Gasteiger partial charge on any atom is -0.444 e. The molecule has 0 spiro atoms. The molecule has 0 radical (unpaired) electrons. The van der Waals surface area contributed by atoms with E-state index in [4.69, 9.17) is 4.74 Å². The average molecular weight is 504 g/mol. The molecule has 7 nitrogen and oxygen atoms in total. The Balaban J connectivity index is 3.25. The lowest BCUT2D eigenvalue weighted by atomic mass is 9.98. The minimum atomic E-state index is -0.775. The summed E-state index contributed by atoms with van der Waals surface area (Å²) in [5.41, 5.74) is 2.30. The molecule has 0 aliphatic heterocycles. The highest BCUT2D eigenvalue weighted by atomic mass is 16.6. The normalized spacial score (nSPS) is 13.0. The Labute approximate surface area is 218 Å². The molecule has 7 heteroatoms. The summed E-state index contributed by atoms with van der Waals surface area (Å²) >= 11 is 0. The minimum absolute atomic E-state index is 0.00191. The molecule has 1 aromatic rings. The SMILES string of the molecule is CCCCCCCN(C(=O)CNC(=O)OC(C)(C)C)C(C(=O)NC(C)CCC)c1ccc(C)c(C)c1. The van der Waals surface area contributed by atoms with Gasteiger partial charge in [-0.05, 0) is 71.1 Å². The van der Waals surface area contributed by atoms with Crippen molar-refractivity contribution in [3.8, 4) is 0 Å². The van der Waals surface area contributed by atoms with Gasteiger partial charge in [-0.15, -0.1) is 0 Å². The van der Waals surface area contributed by atoms with Crippen LogP contribution in [-0.2, 0) is 14.3 Å². The molecule has 36 heavy (non-hydrogen) atoms. The van der Waals surface area contributed by atoms with Crippen LogP contribution in [0.3, 0.4) is 0 Å². The molecule has 0 heterocycles. The lowest BCUT2D eigenvalue weighted by molar-refractivity contribution is -0.140. The number of hydrogen-bond acceptors (Lipinski definition) is 4. The van der Waals surface area contributed by atoms with E-state index in [1.165, 1.54) is 0 Å². The van der Waals surface area contributed by atoms with Gasteiger partial charge in [0.15, 0.2) is 0 Å². The molecule has 2 N–H and O–H groups in total. The Morgan fingerprint density at radius 3 is 2.22 bits per heavy atom. The van der Waals surface area contributed by atoms with Crippen LogP contribution in [0.25, 0.3) is 0 Å². The molecule has 1 rings (SSSR count). The number of carbonyl (C=O) groups is 3. The second-order valence-corrected chi connectivity index (χ2v) is 10.8. The number of rotatable bonds is 14. The second kappa shape index (κ2) is 15.5. The maximum absolute atomic E-state index is 13.6. The summed E-state index contributed by atoms with van der Waals surface area (Å²) < 4.78 is 5.29. The average Bonchev–Trinajstić information content (AvgIpc) is 2.77. The molecule has 3 amide bonds. The van der Waals surface area contributed by atoms with Gasteiger partial charge < -0.3 is 20.3 Å². The monoisotopic (exact) mass is 503 g/mol. The summed E-state index contributed by atoms with van der Waals surface area (Å²) in [6, 6.07) is 5.13. The number of alkyl carbamates (subject to hydrolysis) is 1. The number of amides is 3. The standard InChI is InChI=1S/C29H49N3O4/c1-9-11-12-13-14-18-32(25(33)20-30-28(35)36-29(6,7)8)26(27(34)31-23(5)15-10-2)24-17-16-21(3)22(4)19-24/h16-17,19,23,26H,9-15,18,20H2,1-8H3,(H,30,35)(H,31,34). The first kappa shape index (κ1) is 31.5. The number of nitrogens with zero attached hydrogens (tertiary/aromatic N) is 1. The molecule has 1 aromatic carbocycles. The van der Waals surface area contributed by atoms with E-state index in [2.05, 4.69) is 24.5 Å². The van der Waals surface area contributed by atoms with Crippen molar-refractivity contribution >= 4 is 17.9 Å². The molecule has 0 fully saturated rings. The van der Waals surface area contributed by atoms with Gasteiger partial charge in [-0.25, -0.2) is 4.79 Å². The first-order chi connectivity index (χ1) is 16.9. The van der Waals surface area contributed by atoms with Crippen LogP contribution in [0.4, 0.5) is 4.79 Å². The van der Waals surface area contributed by atoms with Crippen molar-refractivity contribution in [2.45, 2.75) is 118 Å². The number of carbonyl (C=O) groups excluding carboxylic acids is 3. The number of benzene rings is 1. The van der Waals surface area contributed by atoms with E-state index in [1.807, 2.05) is 39.0 Å². The van der Waals surface area contributed by atoms with Gasteiger partial charge in [-0.3, -0.25) is 9.59 Å². The molecular formula is C29H49N3O4. The summed E-state index contributed by atoms with van der Waals surface area (Å²) in [7, 11) is 0. The smallest absolute Gasteiger partial charge is 0.408 e. The predicted octanol–water partition coefficient (Wildman–Crippen LogP) is 5.97. The maximum Gasteiger partial charge on any atom is 0.408 e. The highest BCUT2D eigenvalue weighted by Crippen LogP contribution is 2.25. The Morgan fingerprint density at radius 1 is 0.972 bits per heavy atom. The van der Waals surface area contributed by atoms with Crippen molar-refractivity contribution in [1.82, 2.24) is 15.5 Å². The van der Waals surface area contributed by atoms with Gasteiger partial charge in [-0.2, -0.15) is 0 Å². The van der Waals surface area contributed by atoms with E-state index in [0.717, 1.165) is 61.6 Å². The predicted molar refractivity (Wildman–Crippen MR) is 146 cm³/mol. The first-order valence-electron chi connectivity index (χ1n) is 13.5. The highest BCUT2D eigenvalue weighted by molar-refractivity contribution is 5.90. The third kappa shape index (κ3) is 11.4.